The molecule has 0 spiro atoms. The second-order valence-corrected chi connectivity index (χ2v) is 4.23. The molecule has 0 aromatic carbocycles. The standard InChI is InChI=1S/C10H10ClF2N.C2H6/c1-6-2-9(14-5-8(6)11)7-3-10(12,13)4-7;1-2/h2,5,7H,3-4H2,1H3;1-2H3. The van der Waals surface area contributed by atoms with Gasteiger partial charge in [-0.25, -0.2) is 8.78 Å². The van der Waals surface area contributed by atoms with Gasteiger partial charge in [0, 0.05) is 30.7 Å². The van der Waals surface area contributed by atoms with Crippen LogP contribution in [-0.2, 0) is 0 Å². The number of halogens is 3. The number of nitrogens with zero attached hydrogens (tertiary/aromatic N) is 1. The van der Waals surface area contributed by atoms with Gasteiger partial charge in [0.15, 0.2) is 0 Å². The fourth-order valence-electron chi connectivity index (χ4n) is 1.65. The van der Waals surface area contributed by atoms with Crippen LogP contribution in [0.2, 0.25) is 5.02 Å². The molecule has 0 radical (unpaired) electrons. The zero-order valence-electron chi connectivity index (χ0n) is 9.73. The number of alkyl halides is 2. The summed E-state index contributed by atoms with van der Waals surface area (Å²) in [6.07, 6.45) is 1.37. The lowest BCUT2D eigenvalue weighted by Crippen LogP contribution is -2.34. The maximum absolute atomic E-state index is 12.6. The first-order chi connectivity index (χ1) is 7.48. The topological polar surface area (TPSA) is 12.9 Å². The molecule has 0 amide bonds. The monoisotopic (exact) mass is 247 g/mol. The second kappa shape index (κ2) is 5.09. The van der Waals surface area contributed by atoms with Gasteiger partial charge in [0.05, 0.1) is 5.02 Å². The molecule has 0 saturated heterocycles. The van der Waals surface area contributed by atoms with Crippen molar-refractivity contribution in [3.8, 4) is 0 Å². The van der Waals surface area contributed by atoms with Crippen molar-refractivity contribution in [2.24, 2.45) is 0 Å². The van der Waals surface area contributed by atoms with Gasteiger partial charge in [0.1, 0.15) is 0 Å². The Morgan fingerprint density at radius 1 is 1.38 bits per heavy atom. The summed E-state index contributed by atoms with van der Waals surface area (Å²) in [5.74, 6) is -2.58. The fraction of sp³-hybridized carbons (Fsp3) is 0.583. The van der Waals surface area contributed by atoms with Crippen LogP contribution in [0.5, 0.6) is 0 Å². The predicted octanol–water partition coefficient (Wildman–Crippen LogP) is 4.58. The molecule has 2 rings (SSSR count). The average Bonchev–Trinajstić information content (AvgIpc) is 2.22. The molecule has 0 bridgehead atoms. The molecule has 0 N–H and O–H groups in total. The van der Waals surface area contributed by atoms with Gasteiger partial charge in [-0.1, -0.05) is 25.4 Å². The van der Waals surface area contributed by atoms with Crippen molar-refractivity contribution >= 4 is 11.6 Å². The van der Waals surface area contributed by atoms with E-state index in [1.807, 2.05) is 20.8 Å². The first-order valence-electron chi connectivity index (χ1n) is 5.48. The van der Waals surface area contributed by atoms with Crippen LogP contribution in [0.1, 0.15) is 43.9 Å². The van der Waals surface area contributed by atoms with E-state index in [-0.39, 0.29) is 18.8 Å². The molecular weight excluding hydrogens is 232 g/mol. The molecule has 1 nitrogen and oxygen atoms in total. The van der Waals surface area contributed by atoms with E-state index in [1.54, 1.807) is 6.07 Å². The molecule has 16 heavy (non-hydrogen) atoms. The minimum Gasteiger partial charge on any atom is -0.259 e. The maximum Gasteiger partial charge on any atom is 0.249 e. The van der Waals surface area contributed by atoms with E-state index in [0.29, 0.717) is 5.02 Å². The second-order valence-electron chi connectivity index (χ2n) is 3.82. The summed E-state index contributed by atoms with van der Waals surface area (Å²) in [4.78, 5) is 4.06. The highest BCUT2D eigenvalue weighted by molar-refractivity contribution is 6.31. The Balaban J connectivity index is 0.000000606. The summed E-state index contributed by atoms with van der Waals surface area (Å²) >= 11 is 5.79. The lowest BCUT2D eigenvalue weighted by Gasteiger charge is -2.34. The first-order valence-corrected chi connectivity index (χ1v) is 5.86. The van der Waals surface area contributed by atoms with E-state index < -0.39 is 5.92 Å². The molecule has 90 valence electrons. The molecule has 1 aliphatic carbocycles. The first kappa shape index (κ1) is 13.4. The average molecular weight is 248 g/mol. The van der Waals surface area contributed by atoms with Gasteiger partial charge in [-0.2, -0.15) is 0 Å². The van der Waals surface area contributed by atoms with Crippen LogP contribution in [0.3, 0.4) is 0 Å². The fourth-order valence-corrected chi connectivity index (χ4v) is 1.76. The van der Waals surface area contributed by atoms with Crippen molar-refractivity contribution < 1.29 is 8.78 Å². The molecule has 0 unspecified atom stereocenters. The number of aromatic nitrogens is 1. The zero-order valence-corrected chi connectivity index (χ0v) is 10.5. The molecule has 0 atom stereocenters. The van der Waals surface area contributed by atoms with Gasteiger partial charge in [-0.05, 0) is 18.6 Å². The predicted molar refractivity (Wildman–Crippen MR) is 62.3 cm³/mol. The SMILES string of the molecule is CC.Cc1cc(C2CC(F)(F)C2)ncc1Cl. The Bertz CT molecular complexity index is 358. The van der Waals surface area contributed by atoms with Crippen molar-refractivity contribution in [2.75, 3.05) is 0 Å². The Morgan fingerprint density at radius 3 is 2.38 bits per heavy atom. The van der Waals surface area contributed by atoms with Crippen LogP contribution < -0.4 is 0 Å². The smallest absolute Gasteiger partial charge is 0.249 e. The Labute approximate surface area is 99.8 Å². The molecule has 1 heterocycles. The minimum absolute atomic E-state index is 0.0823. The molecule has 1 aromatic heterocycles. The lowest BCUT2D eigenvalue weighted by molar-refractivity contribution is -0.0876. The van der Waals surface area contributed by atoms with Gasteiger partial charge in [-0.3, -0.25) is 4.98 Å². The van der Waals surface area contributed by atoms with Crippen LogP contribution >= 0.6 is 11.6 Å². The van der Waals surface area contributed by atoms with Crippen molar-refractivity contribution in [1.82, 2.24) is 4.98 Å². The number of pyridine rings is 1. The Morgan fingerprint density at radius 2 is 1.94 bits per heavy atom. The van der Waals surface area contributed by atoms with Crippen molar-refractivity contribution in [3.05, 3.63) is 28.5 Å². The summed E-state index contributed by atoms with van der Waals surface area (Å²) in [6, 6.07) is 1.79. The van der Waals surface area contributed by atoms with Gasteiger partial charge in [-0.15, -0.1) is 0 Å². The quantitative estimate of drug-likeness (QED) is 0.708. The van der Waals surface area contributed by atoms with Crippen molar-refractivity contribution in [3.63, 3.8) is 0 Å². The Kier molecular flexibility index (Phi) is 4.25. The van der Waals surface area contributed by atoms with E-state index >= 15 is 0 Å². The summed E-state index contributed by atoms with van der Waals surface area (Å²) < 4.78 is 25.2. The third-order valence-electron chi connectivity index (χ3n) is 2.58. The van der Waals surface area contributed by atoms with Crippen LogP contribution in [0.25, 0.3) is 0 Å². The van der Waals surface area contributed by atoms with E-state index in [1.165, 1.54) is 6.20 Å². The number of hydrogen-bond donors (Lipinski definition) is 0. The Hall–Kier alpha value is -0.700. The normalized spacial score (nSPS) is 18.4. The molecule has 4 heteroatoms. The summed E-state index contributed by atoms with van der Waals surface area (Å²) in [5, 5.41) is 0.583. The third kappa shape index (κ3) is 2.91. The molecule has 1 fully saturated rings. The van der Waals surface area contributed by atoms with E-state index in [0.717, 1.165) is 11.3 Å². The highest BCUT2D eigenvalue weighted by atomic mass is 35.5. The van der Waals surface area contributed by atoms with E-state index in [4.69, 9.17) is 11.6 Å². The van der Waals surface area contributed by atoms with Gasteiger partial charge in [0.25, 0.3) is 0 Å². The minimum atomic E-state index is -2.49. The largest absolute Gasteiger partial charge is 0.259 e. The highest BCUT2D eigenvalue weighted by Crippen LogP contribution is 2.47. The van der Waals surface area contributed by atoms with E-state index in [2.05, 4.69) is 4.98 Å². The molecule has 0 aliphatic heterocycles. The van der Waals surface area contributed by atoms with Gasteiger partial charge >= 0.3 is 0 Å². The van der Waals surface area contributed by atoms with Crippen molar-refractivity contribution in [1.29, 1.82) is 0 Å². The number of aryl methyl sites for hydroxylation is 1. The number of hydrogen-bond acceptors (Lipinski definition) is 1. The molecule has 1 aromatic rings. The van der Waals surface area contributed by atoms with Crippen molar-refractivity contribution in [2.45, 2.75) is 45.5 Å². The molecular formula is C12H16ClF2N. The zero-order chi connectivity index (χ0) is 12.3. The van der Waals surface area contributed by atoms with Crippen LogP contribution in [0.15, 0.2) is 12.3 Å². The maximum atomic E-state index is 12.6. The lowest BCUT2D eigenvalue weighted by atomic mass is 9.79. The summed E-state index contributed by atoms with van der Waals surface area (Å²) in [6.45, 7) is 5.85. The van der Waals surface area contributed by atoms with Gasteiger partial charge in [0.2, 0.25) is 5.92 Å². The highest BCUT2D eigenvalue weighted by Gasteiger charge is 2.46. The van der Waals surface area contributed by atoms with Crippen LogP contribution in [-0.4, -0.2) is 10.9 Å². The van der Waals surface area contributed by atoms with Gasteiger partial charge < -0.3 is 0 Å². The van der Waals surface area contributed by atoms with Crippen LogP contribution in [0.4, 0.5) is 8.78 Å². The van der Waals surface area contributed by atoms with E-state index in [9.17, 15) is 8.78 Å². The third-order valence-corrected chi connectivity index (χ3v) is 2.97. The molecule has 1 aliphatic rings. The number of rotatable bonds is 1. The summed E-state index contributed by atoms with van der Waals surface area (Å²) in [7, 11) is 0. The summed E-state index contributed by atoms with van der Waals surface area (Å²) in [5.41, 5.74) is 1.63. The van der Waals surface area contributed by atoms with Crippen LogP contribution in [0, 0.1) is 6.92 Å². The molecule has 1 saturated carbocycles.